The van der Waals surface area contributed by atoms with Gasteiger partial charge in [0.05, 0.1) is 0 Å². The van der Waals surface area contributed by atoms with Crippen molar-refractivity contribution in [2.75, 3.05) is 0 Å². The average Bonchev–Trinajstić information content (AvgIpc) is 3.63. The Morgan fingerprint density at radius 1 is 0.357 bits per heavy atom. The molecule has 0 unspecified atom stereocenters. The molecule has 56 heavy (non-hydrogen) atoms. The summed E-state index contributed by atoms with van der Waals surface area (Å²) in [7, 11) is 0. The zero-order valence-electron chi connectivity index (χ0n) is 38.5. The summed E-state index contributed by atoms with van der Waals surface area (Å²) < 4.78 is 0. The van der Waals surface area contributed by atoms with Gasteiger partial charge in [0.1, 0.15) is 0 Å². The molecule has 300 valence electrons. The number of rotatable bonds is 0. The van der Waals surface area contributed by atoms with Crippen LogP contribution in [0.1, 0.15) is 111 Å². The molecule has 0 atom stereocenters. The summed E-state index contributed by atoms with van der Waals surface area (Å²) in [6.07, 6.45) is 7.42. The molecule has 4 nitrogen and oxygen atoms in total. The molecule has 4 aromatic carbocycles. The van der Waals surface area contributed by atoms with Crippen LogP contribution in [0.15, 0.2) is 61.2 Å². The van der Waals surface area contributed by atoms with E-state index in [4.69, 9.17) is 0 Å². The van der Waals surface area contributed by atoms with Crippen LogP contribution < -0.4 is 0 Å². The Morgan fingerprint density at radius 3 is 0.679 bits per heavy atom. The van der Waals surface area contributed by atoms with Crippen LogP contribution in [0.2, 0.25) is 0 Å². The van der Waals surface area contributed by atoms with Gasteiger partial charge in [0.25, 0.3) is 0 Å². The fourth-order valence-electron chi connectivity index (χ4n) is 5.94. The van der Waals surface area contributed by atoms with Gasteiger partial charge >= 0.3 is 43.4 Å². The van der Waals surface area contributed by atoms with E-state index >= 15 is 0 Å². The third-order valence-electron chi connectivity index (χ3n) is 10.7. The van der Waals surface area contributed by atoms with Crippen LogP contribution in [0.3, 0.4) is 0 Å². The van der Waals surface area contributed by atoms with E-state index in [9.17, 15) is 0 Å². The minimum absolute atomic E-state index is 0. The summed E-state index contributed by atoms with van der Waals surface area (Å²) in [4.78, 5) is 7.97. The van der Waals surface area contributed by atoms with E-state index < -0.39 is 0 Å². The van der Waals surface area contributed by atoms with Gasteiger partial charge in [-0.05, 0) is 49.9 Å². The monoisotopic (exact) mass is 826 g/mol. The largest absolute Gasteiger partial charge is 4.00 e. The van der Waals surface area contributed by atoms with Crippen molar-refractivity contribution in [3.63, 3.8) is 0 Å². The molecular weight excluding hydrogens is 756 g/mol. The Kier molecular flexibility index (Phi) is 30.3. The van der Waals surface area contributed by atoms with E-state index in [1.165, 1.54) is 111 Å². The van der Waals surface area contributed by atoms with Crippen LogP contribution in [0, 0.1) is 138 Å². The van der Waals surface area contributed by atoms with Crippen molar-refractivity contribution in [2.24, 2.45) is 0 Å². The SMILES string of the molecule is Cc1c[c-](C)c(C)c1C.Cc1c[c-](C)c(C)c1C.Cc1c[c-](C)c(C)c1C.Cc1cc(C)[c-](C)c1C.Cc1cncc(C)c1.Cc1cncc(C)c1.[O-2].[O-2].[Ti+4].[Ti+4]. The number of nitrogens with zero attached hydrogens (tertiary/aromatic N) is 2. The molecular formula is C50H70N2O2Ti2. The first kappa shape index (κ1) is 59.7. The molecule has 0 radical (unpaired) electrons. The Balaban J connectivity index is -0.000000286. The van der Waals surface area contributed by atoms with Crippen LogP contribution in [0.25, 0.3) is 0 Å². The number of aryl methyl sites for hydroxylation is 12. The van der Waals surface area contributed by atoms with Gasteiger partial charge in [0, 0.05) is 24.8 Å². The molecule has 0 saturated heterocycles. The standard InChI is InChI=1S/4C9H13.2C7H9N.2O.2Ti/c4*1-6-5-7(2)9(4)8(6)3;2*1-6-3-7(2)5-8-4-6;;;;/h4*5H,1-4H3;2*3-5H,1-2H3;;;;/q4*-1;;;2*-2;2*+4. The first-order chi connectivity index (χ1) is 24.1. The summed E-state index contributed by atoms with van der Waals surface area (Å²) in [5.74, 6) is 0. The Hall–Kier alpha value is -2.95. The smallest absolute Gasteiger partial charge is 2.00 e. The fourth-order valence-corrected chi connectivity index (χ4v) is 5.94. The van der Waals surface area contributed by atoms with Gasteiger partial charge in [0.15, 0.2) is 0 Å². The molecule has 0 bridgehead atoms. The Morgan fingerprint density at radius 2 is 0.607 bits per heavy atom. The van der Waals surface area contributed by atoms with Crippen LogP contribution in [0.5, 0.6) is 0 Å². The van der Waals surface area contributed by atoms with Crippen molar-refractivity contribution < 1.29 is 54.4 Å². The molecule has 6 heteroatoms. The van der Waals surface area contributed by atoms with Crippen LogP contribution in [0.4, 0.5) is 0 Å². The number of aromatic nitrogens is 2. The quantitative estimate of drug-likeness (QED) is 0.113. The van der Waals surface area contributed by atoms with E-state index in [2.05, 4.69) is 157 Å². The van der Waals surface area contributed by atoms with Crippen molar-refractivity contribution in [1.29, 1.82) is 0 Å². The molecule has 0 aliphatic carbocycles. The second-order valence-electron chi connectivity index (χ2n) is 15.1. The third-order valence-corrected chi connectivity index (χ3v) is 10.7. The summed E-state index contributed by atoms with van der Waals surface area (Å²) in [6, 6.07) is 13.2. The molecule has 0 aliphatic heterocycles. The predicted octanol–water partition coefficient (Wildman–Crippen LogP) is 13.7. The van der Waals surface area contributed by atoms with Gasteiger partial charge in [-0.25, -0.2) is 6.07 Å². The maximum absolute atomic E-state index is 3.98. The van der Waals surface area contributed by atoms with E-state index in [1.54, 1.807) is 0 Å². The van der Waals surface area contributed by atoms with Crippen molar-refractivity contribution in [3.8, 4) is 0 Å². The summed E-state index contributed by atoms with van der Waals surface area (Å²) >= 11 is 0. The van der Waals surface area contributed by atoms with E-state index in [-0.39, 0.29) is 54.4 Å². The number of pyridine rings is 2. The third kappa shape index (κ3) is 19.5. The van der Waals surface area contributed by atoms with Crippen molar-refractivity contribution in [1.82, 2.24) is 9.97 Å². The van der Waals surface area contributed by atoms with Gasteiger partial charge in [-0.3, -0.25) is 9.97 Å². The molecule has 0 saturated carbocycles. The van der Waals surface area contributed by atoms with Crippen molar-refractivity contribution in [3.05, 3.63) is 172 Å². The molecule has 0 aliphatic rings. The molecule has 6 aromatic rings. The van der Waals surface area contributed by atoms with Crippen LogP contribution in [-0.4, -0.2) is 9.97 Å². The van der Waals surface area contributed by atoms with Gasteiger partial charge in [0.2, 0.25) is 0 Å². The minimum atomic E-state index is 0. The maximum atomic E-state index is 3.98. The molecule has 6 rings (SSSR count). The molecule has 0 spiro atoms. The normalized spacial score (nSPS) is 9.21. The maximum Gasteiger partial charge on any atom is 4.00 e. The summed E-state index contributed by atoms with van der Waals surface area (Å²) in [6.45, 7) is 42.9. The van der Waals surface area contributed by atoms with Crippen LogP contribution >= 0.6 is 0 Å². The summed E-state index contributed by atoms with van der Waals surface area (Å²) in [5, 5.41) is 0. The molecule has 0 fully saturated rings. The van der Waals surface area contributed by atoms with Gasteiger partial charge in [-0.15, -0.1) is 0 Å². The second-order valence-corrected chi connectivity index (χ2v) is 15.1. The van der Waals surface area contributed by atoms with E-state index in [1.807, 2.05) is 52.5 Å². The molecule has 2 aromatic heterocycles. The van der Waals surface area contributed by atoms with Gasteiger partial charge in [-0.2, -0.15) is 107 Å². The molecule has 0 N–H and O–H groups in total. The van der Waals surface area contributed by atoms with E-state index in [0.717, 1.165) is 0 Å². The molecule has 2 heterocycles. The zero-order valence-corrected chi connectivity index (χ0v) is 41.6. The van der Waals surface area contributed by atoms with Crippen LogP contribution in [-0.2, 0) is 54.4 Å². The second kappa shape index (κ2) is 28.4. The first-order valence-corrected chi connectivity index (χ1v) is 18.7. The minimum Gasteiger partial charge on any atom is -2.00 e. The fraction of sp³-hybridized carbons (Fsp3) is 0.400. The van der Waals surface area contributed by atoms with Crippen molar-refractivity contribution in [2.45, 2.75) is 138 Å². The Bertz CT molecular complexity index is 1630. The molecule has 0 amide bonds. The van der Waals surface area contributed by atoms with Gasteiger partial charge < -0.3 is 11.0 Å². The summed E-state index contributed by atoms with van der Waals surface area (Å²) in [5.41, 5.74) is 27.9. The first-order valence-electron chi connectivity index (χ1n) is 18.7. The average molecular weight is 827 g/mol. The zero-order chi connectivity index (χ0) is 40.0. The van der Waals surface area contributed by atoms with E-state index in [0.29, 0.717) is 0 Å². The van der Waals surface area contributed by atoms with Crippen molar-refractivity contribution >= 4 is 0 Å². The number of hydrogen-bond donors (Lipinski definition) is 0. The number of hydrogen-bond acceptors (Lipinski definition) is 2. The topological polar surface area (TPSA) is 82.8 Å². The Labute approximate surface area is 372 Å². The predicted molar refractivity (Wildman–Crippen MR) is 233 cm³/mol. The van der Waals surface area contributed by atoms with Gasteiger partial charge in [-0.1, -0.05) is 123 Å².